The number of nitrogens with one attached hydrogen (secondary N) is 1. The number of rotatable bonds is 2. The number of hydrogen-bond donors (Lipinski definition) is 2. The minimum atomic E-state index is -0.330. The molecule has 2 heterocycles. The van der Waals surface area contributed by atoms with Crippen LogP contribution in [0.4, 0.5) is 5.82 Å². The third-order valence-corrected chi connectivity index (χ3v) is 3.29. The summed E-state index contributed by atoms with van der Waals surface area (Å²) in [5.41, 5.74) is 5.56. The number of nitrogens with zero attached hydrogens (tertiary/aromatic N) is 1. The van der Waals surface area contributed by atoms with Gasteiger partial charge in [-0.05, 0) is 32.4 Å². The van der Waals surface area contributed by atoms with Crippen LogP contribution < -0.4 is 11.1 Å². The summed E-state index contributed by atoms with van der Waals surface area (Å²) in [5, 5.41) is 2.97. The molecule has 2 rings (SSSR count). The van der Waals surface area contributed by atoms with E-state index < -0.39 is 0 Å². The highest BCUT2D eigenvalue weighted by Gasteiger charge is 2.38. The molecule has 1 fully saturated rings. The van der Waals surface area contributed by atoms with Gasteiger partial charge in [-0.15, -0.1) is 0 Å². The molecule has 5 nitrogen and oxygen atoms in total. The number of ether oxygens (including phenoxy) is 1. The second kappa shape index (κ2) is 4.33. The van der Waals surface area contributed by atoms with E-state index in [-0.39, 0.29) is 17.6 Å². The van der Waals surface area contributed by atoms with Gasteiger partial charge in [0.15, 0.2) is 0 Å². The molecule has 17 heavy (non-hydrogen) atoms. The van der Waals surface area contributed by atoms with Crippen LogP contribution in [0.3, 0.4) is 0 Å². The number of hydrogen-bond acceptors (Lipinski definition) is 4. The van der Waals surface area contributed by atoms with Gasteiger partial charge in [0.1, 0.15) is 11.5 Å². The molecule has 0 radical (unpaired) electrons. The highest BCUT2D eigenvalue weighted by molar-refractivity contribution is 5.93. The number of anilines is 1. The van der Waals surface area contributed by atoms with Crippen LogP contribution in [0.15, 0.2) is 18.2 Å². The molecule has 1 aromatic heterocycles. The quantitative estimate of drug-likeness (QED) is 0.800. The molecule has 1 saturated heterocycles. The van der Waals surface area contributed by atoms with Crippen LogP contribution in [-0.2, 0) is 4.74 Å². The Labute approximate surface area is 100 Å². The Morgan fingerprint density at radius 3 is 3.00 bits per heavy atom. The predicted molar refractivity (Wildman–Crippen MR) is 64.6 cm³/mol. The zero-order valence-corrected chi connectivity index (χ0v) is 10.1. The lowest BCUT2D eigenvalue weighted by Crippen LogP contribution is -2.50. The van der Waals surface area contributed by atoms with E-state index in [1.165, 1.54) is 0 Å². The zero-order valence-electron chi connectivity index (χ0n) is 10.1. The lowest BCUT2D eigenvalue weighted by molar-refractivity contribution is 0.0724. The van der Waals surface area contributed by atoms with Gasteiger partial charge < -0.3 is 15.8 Å². The number of amides is 1. The molecule has 0 aromatic carbocycles. The summed E-state index contributed by atoms with van der Waals surface area (Å²) < 4.78 is 5.47. The average Bonchev–Trinajstić information content (AvgIpc) is 2.59. The van der Waals surface area contributed by atoms with Gasteiger partial charge in [0.05, 0.1) is 11.6 Å². The molecule has 0 saturated carbocycles. The van der Waals surface area contributed by atoms with Crippen LogP contribution in [0.2, 0.25) is 0 Å². The molecule has 0 spiro atoms. The molecular weight excluding hydrogens is 218 g/mol. The van der Waals surface area contributed by atoms with Gasteiger partial charge >= 0.3 is 0 Å². The molecule has 1 aliphatic heterocycles. The van der Waals surface area contributed by atoms with Crippen molar-refractivity contribution in [3.63, 3.8) is 0 Å². The summed E-state index contributed by atoms with van der Waals surface area (Å²) in [6.45, 7) is 4.61. The summed E-state index contributed by atoms with van der Waals surface area (Å²) in [4.78, 5) is 16.0. The van der Waals surface area contributed by atoms with Crippen molar-refractivity contribution in [1.82, 2.24) is 10.3 Å². The number of nitrogens with two attached hydrogens (primary N) is 1. The molecule has 3 N–H and O–H groups in total. The Morgan fingerprint density at radius 2 is 2.41 bits per heavy atom. The molecular formula is C12H17N3O2. The van der Waals surface area contributed by atoms with Crippen LogP contribution in [0, 0.1) is 0 Å². The second-order valence-electron chi connectivity index (χ2n) is 4.58. The smallest absolute Gasteiger partial charge is 0.270 e. The van der Waals surface area contributed by atoms with E-state index in [0.29, 0.717) is 18.1 Å². The maximum atomic E-state index is 12.0. The van der Waals surface area contributed by atoms with E-state index in [2.05, 4.69) is 10.3 Å². The van der Waals surface area contributed by atoms with Crippen molar-refractivity contribution in [3.05, 3.63) is 23.9 Å². The van der Waals surface area contributed by atoms with Crippen LogP contribution in [-0.4, -0.2) is 29.1 Å². The zero-order chi connectivity index (χ0) is 12.5. The molecule has 1 aliphatic rings. The van der Waals surface area contributed by atoms with E-state index in [9.17, 15) is 4.79 Å². The van der Waals surface area contributed by atoms with Crippen molar-refractivity contribution in [2.24, 2.45) is 0 Å². The minimum Gasteiger partial charge on any atom is -0.384 e. The summed E-state index contributed by atoms with van der Waals surface area (Å²) in [5.74, 6) is 0.135. The number of nitrogen functional groups attached to an aromatic ring is 1. The van der Waals surface area contributed by atoms with Gasteiger partial charge in [0, 0.05) is 6.61 Å². The SMILES string of the molecule is CC1OCCC1(C)NC(=O)c1cccc(N)n1. The van der Waals surface area contributed by atoms with Gasteiger partial charge in [-0.1, -0.05) is 6.07 Å². The Hall–Kier alpha value is -1.62. The van der Waals surface area contributed by atoms with Crippen molar-refractivity contribution in [2.75, 3.05) is 12.3 Å². The highest BCUT2D eigenvalue weighted by Crippen LogP contribution is 2.25. The lowest BCUT2D eigenvalue weighted by atomic mass is 9.94. The third kappa shape index (κ3) is 2.39. The summed E-state index contributed by atoms with van der Waals surface area (Å²) in [7, 11) is 0. The highest BCUT2D eigenvalue weighted by atomic mass is 16.5. The van der Waals surface area contributed by atoms with Gasteiger partial charge in [0.25, 0.3) is 5.91 Å². The van der Waals surface area contributed by atoms with Crippen molar-refractivity contribution in [3.8, 4) is 0 Å². The standard InChI is InChI=1S/C12H17N3O2/c1-8-12(2,6-7-17-8)15-11(16)9-4-3-5-10(13)14-9/h3-5,8H,6-7H2,1-2H3,(H2,13,14)(H,15,16). The normalized spacial score (nSPS) is 28.0. The maximum absolute atomic E-state index is 12.0. The molecule has 1 aromatic rings. The van der Waals surface area contributed by atoms with Gasteiger partial charge in [0.2, 0.25) is 0 Å². The van der Waals surface area contributed by atoms with Crippen molar-refractivity contribution >= 4 is 11.7 Å². The first-order valence-electron chi connectivity index (χ1n) is 5.68. The fourth-order valence-corrected chi connectivity index (χ4v) is 1.90. The Kier molecular flexibility index (Phi) is 3.02. The summed E-state index contributed by atoms with van der Waals surface area (Å²) in [6, 6.07) is 5.02. The monoisotopic (exact) mass is 235 g/mol. The van der Waals surface area contributed by atoms with E-state index in [0.717, 1.165) is 6.42 Å². The second-order valence-corrected chi connectivity index (χ2v) is 4.58. The van der Waals surface area contributed by atoms with Crippen LogP contribution >= 0.6 is 0 Å². The van der Waals surface area contributed by atoms with Crippen molar-refractivity contribution in [1.29, 1.82) is 0 Å². The topological polar surface area (TPSA) is 77.2 Å². The van der Waals surface area contributed by atoms with Crippen LogP contribution in [0.5, 0.6) is 0 Å². The first kappa shape index (κ1) is 11.9. The van der Waals surface area contributed by atoms with Crippen LogP contribution in [0.25, 0.3) is 0 Å². The summed E-state index contributed by atoms with van der Waals surface area (Å²) in [6.07, 6.45) is 0.815. The summed E-state index contributed by atoms with van der Waals surface area (Å²) >= 11 is 0. The number of pyridine rings is 1. The fraction of sp³-hybridized carbons (Fsp3) is 0.500. The van der Waals surface area contributed by atoms with Crippen molar-refractivity contribution in [2.45, 2.75) is 31.9 Å². The van der Waals surface area contributed by atoms with Crippen LogP contribution in [0.1, 0.15) is 30.8 Å². The molecule has 92 valence electrons. The first-order valence-corrected chi connectivity index (χ1v) is 5.68. The largest absolute Gasteiger partial charge is 0.384 e. The van der Waals surface area contributed by atoms with Gasteiger partial charge in [-0.3, -0.25) is 4.79 Å². The number of aromatic nitrogens is 1. The third-order valence-electron chi connectivity index (χ3n) is 3.29. The molecule has 1 amide bonds. The Bertz CT molecular complexity index is 436. The maximum Gasteiger partial charge on any atom is 0.270 e. The predicted octanol–water partition coefficient (Wildman–Crippen LogP) is 0.961. The lowest BCUT2D eigenvalue weighted by Gasteiger charge is -2.28. The average molecular weight is 235 g/mol. The Morgan fingerprint density at radius 1 is 1.65 bits per heavy atom. The van der Waals surface area contributed by atoms with Gasteiger partial charge in [-0.25, -0.2) is 4.98 Å². The molecule has 2 unspecified atom stereocenters. The van der Waals surface area contributed by atoms with E-state index in [1.807, 2.05) is 13.8 Å². The molecule has 2 atom stereocenters. The van der Waals surface area contributed by atoms with Gasteiger partial charge in [-0.2, -0.15) is 0 Å². The Balaban J connectivity index is 2.12. The fourth-order valence-electron chi connectivity index (χ4n) is 1.90. The number of carbonyl (C=O) groups excluding carboxylic acids is 1. The van der Waals surface area contributed by atoms with Crippen molar-refractivity contribution < 1.29 is 9.53 Å². The minimum absolute atomic E-state index is 0.00695. The van der Waals surface area contributed by atoms with E-state index in [4.69, 9.17) is 10.5 Å². The molecule has 0 bridgehead atoms. The first-order chi connectivity index (χ1) is 8.01. The molecule has 0 aliphatic carbocycles. The number of carbonyl (C=O) groups is 1. The van der Waals surface area contributed by atoms with E-state index in [1.54, 1.807) is 18.2 Å². The van der Waals surface area contributed by atoms with E-state index >= 15 is 0 Å². The molecule has 5 heteroatoms.